The van der Waals surface area contributed by atoms with Crippen LogP contribution < -0.4 is 10.2 Å². The number of hydrogen-bond donors (Lipinski definition) is 1. The maximum absolute atomic E-state index is 13.1. The third kappa shape index (κ3) is 5.21. The molecule has 9 heteroatoms. The average molecular weight is 466 g/mol. The van der Waals surface area contributed by atoms with Gasteiger partial charge in [-0.2, -0.15) is 4.31 Å². The van der Waals surface area contributed by atoms with Crippen LogP contribution in [0.5, 0.6) is 0 Å². The SMILES string of the molecule is O=C(CCn1c(=O)sc2cc(S(=O)(=O)N3CCCCCC3)ccc21)NC1CCCCC1. The second-order valence-corrected chi connectivity index (χ2v) is 11.6. The van der Waals surface area contributed by atoms with Crippen molar-refractivity contribution in [2.24, 2.45) is 0 Å². The monoisotopic (exact) mass is 465 g/mol. The molecule has 1 N–H and O–H groups in total. The molecule has 0 spiro atoms. The number of benzene rings is 1. The molecule has 1 amide bonds. The topological polar surface area (TPSA) is 88.5 Å². The minimum Gasteiger partial charge on any atom is -0.353 e. The van der Waals surface area contributed by atoms with Crippen LogP contribution >= 0.6 is 11.3 Å². The fourth-order valence-electron chi connectivity index (χ4n) is 4.61. The molecule has 1 aliphatic heterocycles. The molecule has 31 heavy (non-hydrogen) atoms. The Morgan fingerprint density at radius 3 is 2.42 bits per heavy atom. The number of carbonyl (C=O) groups excluding carboxylic acids is 1. The number of rotatable bonds is 6. The zero-order valence-electron chi connectivity index (χ0n) is 17.8. The molecule has 0 bridgehead atoms. The highest BCUT2D eigenvalue weighted by Gasteiger charge is 2.26. The predicted molar refractivity (Wildman–Crippen MR) is 123 cm³/mol. The largest absolute Gasteiger partial charge is 0.353 e. The van der Waals surface area contributed by atoms with Gasteiger partial charge >= 0.3 is 4.87 Å². The quantitative estimate of drug-likeness (QED) is 0.708. The first-order valence-corrected chi connectivity index (χ1v) is 13.6. The lowest BCUT2D eigenvalue weighted by Crippen LogP contribution is -2.36. The summed E-state index contributed by atoms with van der Waals surface area (Å²) in [6.07, 6.45) is 9.73. The molecule has 4 rings (SSSR count). The van der Waals surface area contributed by atoms with Gasteiger partial charge in [-0.3, -0.25) is 14.2 Å². The van der Waals surface area contributed by atoms with E-state index in [-0.39, 0.29) is 28.1 Å². The Morgan fingerprint density at radius 1 is 1.03 bits per heavy atom. The Balaban J connectivity index is 1.48. The Hall–Kier alpha value is -1.71. The molecule has 0 radical (unpaired) electrons. The lowest BCUT2D eigenvalue weighted by molar-refractivity contribution is -0.122. The Morgan fingerprint density at radius 2 is 1.71 bits per heavy atom. The summed E-state index contributed by atoms with van der Waals surface area (Å²) in [7, 11) is -3.56. The highest BCUT2D eigenvalue weighted by molar-refractivity contribution is 7.89. The number of carbonyl (C=O) groups is 1. The van der Waals surface area contributed by atoms with E-state index in [4.69, 9.17) is 0 Å². The molecule has 1 aromatic carbocycles. The fraction of sp³-hybridized carbons (Fsp3) is 0.636. The highest BCUT2D eigenvalue weighted by Crippen LogP contribution is 2.26. The van der Waals surface area contributed by atoms with E-state index >= 15 is 0 Å². The Bertz CT molecular complexity index is 1080. The number of aromatic nitrogens is 1. The van der Waals surface area contributed by atoms with E-state index in [0.717, 1.165) is 62.7 Å². The molecule has 2 fully saturated rings. The van der Waals surface area contributed by atoms with Crippen LogP contribution in [0.2, 0.25) is 0 Å². The lowest BCUT2D eigenvalue weighted by Gasteiger charge is -2.22. The van der Waals surface area contributed by atoms with Gasteiger partial charge in [0.2, 0.25) is 15.9 Å². The summed E-state index contributed by atoms with van der Waals surface area (Å²) in [4.78, 5) is 25.0. The zero-order chi connectivity index (χ0) is 21.8. The van der Waals surface area contributed by atoms with Crippen molar-refractivity contribution >= 4 is 37.5 Å². The van der Waals surface area contributed by atoms with Gasteiger partial charge < -0.3 is 5.32 Å². The van der Waals surface area contributed by atoms with Gasteiger partial charge in [0, 0.05) is 32.1 Å². The van der Waals surface area contributed by atoms with Crippen LogP contribution in [0, 0.1) is 0 Å². The number of fused-ring (bicyclic) bond motifs is 1. The summed E-state index contributed by atoms with van der Waals surface area (Å²) in [5, 5.41) is 3.08. The summed E-state index contributed by atoms with van der Waals surface area (Å²) in [6, 6.07) is 5.16. The second kappa shape index (κ2) is 9.83. The van der Waals surface area contributed by atoms with E-state index < -0.39 is 10.0 Å². The van der Waals surface area contributed by atoms with Crippen LogP contribution in [0.3, 0.4) is 0 Å². The van der Waals surface area contributed by atoms with Crippen molar-refractivity contribution in [2.45, 2.75) is 81.7 Å². The van der Waals surface area contributed by atoms with Gasteiger partial charge in [-0.25, -0.2) is 8.42 Å². The molecule has 7 nitrogen and oxygen atoms in total. The molecule has 1 saturated heterocycles. The molecule has 1 saturated carbocycles. The van der Waals surface area contributed by atoms with Crippen molar-refractivity contribution in [2.75, 3.05) is 13.1 Å². The molecule has 2 aliphatic rings. The first-order valence-electron chi connectivity index (χ1n) is 11.4. The van der Waals surface area contributed by atoms with Gasteiger partial charge in [-0.05, 0) is 43.9 Å². The third-order valence-corrected chi connectivity index (χ3v) is 9.21. The fourth-order valence-corrected chi connectivity index (χ4v) is 7.19. The first kappa shape index (κ1) is 22.5. The van der Waals surface area contributed by atoms with Crippen molar-refractivity contribution in [3.63, 3.8) is 0 Å². The van der Waals surface area contributed by atoms with E-state index in [9.17, 15) is 18.0 Å². The maximum atomic E-state index is 13.1. The number of nitrogens with zero attached hydrogens (tertiary/aromatic N) is 2. The second-order valence-electron chi connectivity index (χ2n) is 8.62. The minimum absolute atomic E-state index is 0.0292. The standard InChI is InChI=1S/C22H31N3O4S2/c26-21(23-17-8-4-3-5-9-17)12-15-25-19-11-10-18(16-20(19)30-22(25)27)31(28,29)24-13-6-1-2-7-14-24/h10-11,16-17H,1-9,12-15H2,(H,23,26). The predicted octanol–water partition coefficient (Wildman–Crippen LogP) is 3.47. The van der Waals surface area contributed by atoms with Crippen LogP contribution in [0.4, 0.5) is 0 Å². The van der Waals surface area contributed by atoms with Crippen LogP contribution in [-0.4, -0.2) is 42.3 Å². The molecular weight excluding hydrogens is 434 g/mol. The molecule has 1 aliphatic carbocycles. The number of aryl methyl sites for hydroxylation is 1. The zero-order valence-corrected chi connectivity index (χ0v) is 19.5. The number of nitrogens with one attached hydrogen (secondary N) is 1. The highest BCUT2D eigenvalue weighted by atomic mass is 32.2. The molecule has 0 atom stereocenters. The molecule has 2 aromatic rings. The number of thiazole rings is 1. The number of amides is 1. The van der Waals surface area contributed by atoms with E-state index in [1.165, 1.54) is 6.42 Å². The van der Waals surface area contributed by atoms with Crippen LogP contribution in [0.25, 0.3) is 10.2 Å². The minimum atomic E-state index is -3.56. The summed E-state index contributed by atoms with van der Waals surface area (Å²) in [5.74, 6) is -0.0292. The Kier molecular flexibility index (Phi) is 7.13. The Labute approximate surface area is 187 Å². The summed E-state index contributed by atoms with van der Waals surface area (Å²) in [6.45, 7) is 1.40. The van der Waals surface area contributed by atoms with E-state index in [1.54, 1.807) is 27.1 Å². The van der Waals surface area contributed by atoms with Crippen molar-refractivity contribution in [3.8, 4) is 0 Å². The van der Waals surface area contributed by atoms with E-state index in [2.05, 4.69) is 5.32 Å². The average Bonchev–Trinajstić information content (AvgIpc) is 2.92. The van der Waals surface area contributed by atoms with Crippen molar-refractivity contribution in [1.82, 2.24) is 14.2 Å². The van der Waals surface area contributed by atoms with Gasteiger partial charge in [0.05, 0.1) is 15.1 Å². The number of sulfonamides is 1. The molecule has 1 aromatic heterocycles. The van der Waals surface area contributed by atoms with Crippen LogP contribution in [-0.2, 0) is 21.4 Å². The molecule has 170 valence electrons. The maximum Gasteiger partial charge on any atom is 0.308 e. The van der Waals surface area contributed by atoms with Gasteiger partial charge in [0.15, 0.2) is 0 Å². The van der Waals surface area contributed by atoms with Crippen LogP contribution in [0.1, 0.15) is 64.2 Å². The lowest BCUT2D eigenvalue weighted by atomic mass is 9.95. The van der Waals surface area contributed by atoms with Gasteiger partial charge in [-0.15, -0.1) is 0 Å². The first-order chi connectivity index (χ1) is 14.9. The number of hydrogen-bond acceptors (Lipinski definition) is 5. The van der Waals surface area contributed by atoms with Gasteiger partial charge in [0.25, 0.3) is 0 Å². The third-order valence-electron chi connectivity index (χ3n) is 6.38. The van der Waals surface area contributed by atoms with Crippen molar-refractivity contribution < 1.29 is 13.2 Å². The normalized spacial score (nSPS) is 19.4. The van der Waals surface area contributed by atoms with E-state index in [0.29, 0.717) is 29.9 Å². The van der Waals surface area contributed by atoms with E-state index in [1.807, 2.05) is 0 Å². The molecular formula is C22H31N3O4S2. The summed E-state index contributed by atoms with van der Waals surface area (Å²) in [5.41, 5.74) is 0.690. The molecule has 2 heterocycles. The summed E-state index contributed by atoms with van der Waals surface area (Å²) >= 11 is 1.04. The molecule has 0 unspecified atom stereocenters. The van der Waals surface area contributed by atoms with Gasteiger partial charge in [-0.1, -0.05) is 43.4 Å². The van der Waals surface area contributed by atoms with Crippen molar-refractivity contribution in [3.05, 3.63) is 27.9 Å². The summed E-state index contributed by atoms with van der Waals surface area (Å²) < 4.78 is 29.9. The van der Waals surface area contributed by atoms with Crippen molar-refractivity contribution in [1.29, 1.82) is 0 Å². The van der Waals surface area contributed by atoms with Crippen LogP contribution in [0.15, 0.2) is 27.9 Å². The smallest absolute Gasteiger partial charge is 0.308 e. The van der Waals surface area contributed by atoms with Gasteiger partial charge in [0.1, 0.15) is 0 Å².